The van der Waals surface area contributed by atoms with E-state index >= 15 is 0 Å². The Balaban J connectivity index is 2.85. The van der Waals surface area contributed by atoms with Crippen molar-refractivity contribution in [3.8, 4) is 0 Å². The summed E-state index contributed by atoms with van der Waals surface area (Å²) in [4.78, 5) is 23.5. The van der Waals surface area contributed by atoms with Gasteiger partial charge in [0.25, 0.3) is 0 Å². The summed E-state index contributed by atoms with van der Waals surface area (Å²) in [5, 5.41) is 10.0. The van der Waals surface area contributed by atoms with Crippen molar-refractivity contribution in [3.63, 3.8) is 0 Å². The second-order valence-corrected chi connectivity index (χ2v) is 13.4. The van der Waals surface area contributed by atoms with E-state index in [2.05, 4.69) is 20.8 Å². The third-order valence-electron chi connectivity index (χ3n) is 4.51. The minimum Gasteiger partial charge on any atom is -0.481 e. The number of aliphatic carboxylic acids is 1. The molecule has 0 saturated carbocycles. The van der Waals surface area contributed by atoms with E-state index in [0.717, 1.165) is 0 Å². The number of carboxylic acids is 1. The van der Waals surface area contributed by atoms with Crippen LogP contribution in [0.25, 0.3) is 6.08 Å². The maximum Gasteiger partial charge on any atom is 0.305 e. The van der Waals surface area contributed by atoms with Crippen molar-refractivity contribution in [1.29, 1.82) is 0 Å². The summed E-state index contributed by atoms with van der Waals surface area (Å²) in [6.07, 6.45) is 2.17. The number of hydrogen-bond donors (Lipinski definition) is 1. The summed E-state index contributed by atoms with van der Waals surface area (Å²) < 4.78 is 6.14. The SMILES string of the molecule is CC(C)(C)[Si](C)(C)O[C@@H](CC(=O)O)CC(=O)C=Cc1ccc(Cl)cc1Cl. The minimum absolute atomic E-state index is 0.0144. The van der Waals surface area contributed by atoms with E-state index in [1.54, 1.807) is 24.3 Å². The first-order valence-electron chi connectivity index (χ1n) is 8.37. The maximum atomic E-state index is 12.3. The van der Waals surface area contributed by atoms with Crippen LogP contribution in [0.5, 0.6) is 0 Å². The Morgan fingerprint density at radius 2 is 1.85 bits per heavy atom. The monoisotopic (exact) mass is 416 g/mol. The van der Waals surface area contributed by atoms with E-state index in [1.807, 2.05) is 13.1 Å². The topological polar surface area (TPSA) is 63.6 Å². The number of hydrogen-bond acceptors (Lipinski definition) is 3. The number of allylic oxidation sites excluding steroid dienone is 1. The number of halogens is 2. The van der Waals surface area contributed by atoms with Gasteiger partial charge in [0, 0.05) is 16.5 Å². The van der Waals surface area contributed by atoms with Crippen molar-refractivity contribution in [2.75, 3.05) is 0 Å². The van der Waals surface area contributed by atoms with E-state index in [0.29, 0.717) is 15.6 Å². The van der Waals surface area contributed by atoms with Gasteiger partial charge >= 0.3 is 5.97 Å². The van der Waals surface area contributed by atoms with Crippen LogP contribution in [0.15, 0.2) is 24.3 Å². The molecule has 0 aliphatic rings. The minimum atomic E-state index is -2.18. The fourth-order valence-corrected chi connectivity index (χ4v) is 3.88. The van der Waals surface area contributed by atoms with Gasteiger partial charge in [-0.25, -0.2) is 0 Å². The number of ketones is 1. The van der Waals surface area contributed by atoms with Gasteiger partial charge in [-0.05, 0) is 48.0 Å². The average molecular weight is 417 g/mol. The quantitative estimate of drug-likeness (QED) is 0.427. The van der Waals surface area contributed by atoms with Gasteiger partial charge in [-0.3, -0.25) is 9.59 Å². The van der Waals surface area contributed by atoms with Crippen LogP contribution in [0.2, 0.25) is 28.2 Å². The molecule has 0 aliphatic heterocycles. The highest BCUT2D eigenvalue weighted by molar-refractivity contribution is 6.74. The standard InChI is InChI=1S/C19H26Cl2O4Si/c1-19(2,3)26(4,5)25-16(12-18(23)24)11-15(22)9-7-13-6-8-14(20)10-17(13)21/h6-10,16H,11-12H2,1-5H3,(H,23,24)/t16-/m1/s1. The Morgan fingerprint density at radius 1 is 1.23 bits per heavy atom. The zero-order chi connectivity index (χ0) is 20.1. The summed E-state index contributed by atoms with van der Waals surface area (Å²) in [5.74, 6) is -1.19. The summed E-state index contributed by atoms with van der Waals surface area (Å²) in [6, 6.07) is 5.00. The Morgan fingerprint density at radius 3 is 2.35 bits per heavy atom. The molecule has 0 heterocycles. The summed E-state index contributed by atoms with van der Waals surface area (Å²) >= 11 is 11.9. The van der Waals surface area contributed by atoms with Crippen molar-refractivity contribution in [2.24, 2.45) is 0 Å². The van der Waals surface area contributed by atoms with Crippen molar-refractivity contribution in [2.45, 2.75) is 57.8 Å². The molecule has 1 aromatic carbocycles. The van der Waals surface area contributed by atoms with Crippen LogP contribution in [0.4, 0.5) is 0 Å². The molecule has 0 saturated heterocycles. The molecular formula is C19H26Cl2O4Si. The lowest BCUT2D eigenvalue weighted by Gasteiger charge is -2.38. The van der Waals surface area contributed by atoms with Crippen molar-refractivity contribution >= 4 is 49.3 Å². The van der Waals surface area contributed by atoms with Crippen molar-refractivity contribution in [1.82, 2.24) is 0 Å². The van der Waals surface area contributed by atoms with Crippen LogP contribution in [-0.2, 0) is 14.0 Å². The van der Waals surface area contributed by atoms with Gasteiger partial charge in [0.15, 0.2) is 14.1 Å². The van der Waals surface area contributed by atoms with Crippen LogP contribution in [0.3, 0.4) is 0 Å². The van der Waals surface area contributed by atoms with Gasteiger partial charge in [0.1, 0.15) is 0 Å². The molecule has 1 N–H and O–H groups in total. The van der Waals surface area contributed by atoms with Crippen LogP contribution in [0.1, 0.15) is 39.2 Å². The maximum absolute atomic E-state index is 12.3. The molecule has 26 heavy (non-hydrogen) atoms. The highest BCUT2D eigenvalue weighted by Crippen LogP contribution is 2.38. The molecule has 0 aromatic heterocycles. The number of carbonyl (C=O) groups excluding carboxylic acids is 1. The molecule has 7 heteroatoms. The summed E-state index contributed by atoms with van der Waals surface area (Å²) in [7, 11) is -2.18. The zero-order valence-electron chi connectivity index (χ0n) is 15.8. The van der Waals surface area contributed by atoms with Crippen LogP contribution >= 0.6 is 23.2 Å². The van der Waals surface area contributed by atoms with Gasteiger partial charge in [0.05, 0.1) is 12.5 Å². The second-order valence-electron chi connectivity index (χ2n) is 7.77. The second kappa shape index (κ2) is 9.18. The zero-order valence-corrected chi connectivity index (χ0v) is 18.3. The van der Waals surface area contributed by atoms with Crippen LogP contribution in [0, 0.1) is 0 Å². The first-order valence-corrected chi connectivity index (χ1v) is 12.0. The molecule has 0 fully saturated rings. The molecule has 0 bridgehead atoms. The van der Waals surface area contributed by atoms with Crippen molar-refractivity contribution in [3.05, 3.63) is 39.9 Å². The van der Waals surface area contributed by atoms with Gasteiger partial charge in [-0.2, -0.15) is 0 Å². The number of benzene rings is 1. The smallest absolute Gasteiger partial charge is 0.305 e. The molecule has 1 atom stereocenters. The Hall–Kier alpha value is -1.14. The molecule has 1 aromatic rings. The molecular weight excluding hydrogens is 391 g/mol. The Kier molecular flexibility index (Phi) is 8.08. The van der Waals surface area contributed by atoms with Crippen LogP contribution in [-0.4, -0.2) is 31.3 Å². The van der Waals surface area contributed by atoms with Crippen molar-refractivity contribution < 1.29 is 19.1 Å². The van der Waals surface area contributed by atoms with E-state index in [1.165, 1.54) is 6.08 Å². The average Bonchev–Trinajstić information content (AvgIpc) is 2.43. The predicted octanol–water partition coefficient (Wildman–Crippen LogP) is 5.83. The van der Waals surface area contributed by atoms with Crippen LogP contribution < -0.4 is 0 Å². The van der Waals surface area contributed by atoms with Gasteiger partial charge in [-0.15, -0.1) is 0 Å². The third kappa shape index (κ3) is 7.23. The Labute approximate surface area is 166 Å². The predicted molar refractivity (Wildman–Crippen MR) is 109 cm³/mol. The third-order valence-corrected chi connectivity index (χ3v) is 9.61. The normalized spacial score (nSPS) is 13.8. The highest BCUT2D eigenvalue weighted by atomic mass is 35.5. The fourth-order valence-electron chi connectivity index (χ4n) is 2.06. The molecule has 0 spiro atoms. The summed E-state index contributed by atoms with van der Waals surface area (Å²) in [6.45, 7) is 10.3. The Bertz CT molecular complexity index is 693. The lowest BCUT2D eigenvalue weighted by atomic mass is 10.1. The van der Waals surface area contributed by atoms with Gasteiger partial charge < -0.3 is 9.53 Å². The van der Waals surface area contributed by atoms with E-state index < -0.39 is 20.4 Å². The van der Waals surface area contributed by atoms with E-state index in [4.69, 9.17) is 32.7 Å². The molecule has 1 rings (SSSR count). The number of rotatable bonds is 8. The lowest BCUT2D eigenvalue weighted by molar-refractivity contribution is -0.139. The summed E-state index contributed by atoms with van der Waals surface area (Å²) in [5.41, 5.74) is 0.671. The van der Waals surface area contributed by atoms with Gasteiger partial charge in [0.2, 0.25) is 0 Å². The number of carboxylic acid groups (broad SMARTS) is 1. The molecule has 4 nitrogen and oxygen atoms in total. The molecule has 0 amide bonds. The first kappa shape index (κ1) is 22.9. The molecule has 144 valence electrons. The van der Waals surface area contributed by atoms with E-state index in [-0.39, 0.29) is 23.7 Å². The molecule has 0 unspecified atom stereocenters. The number of carbonyl (C=O) groups is 2. The van der Waals surface area contributed by atoms with E-state index in [9.17, 15) is 9.59 Å². The first-order chi connectivity index (χ1) is 11.8. The largest absolute Gasteiger partial charge is 0.481 e. The molecule has 0 radical (unpaired) electrons. The highest BCUT2D eigenvalue weighted by Gasteiger charge is 2.39. The lowest BCUT2D eigenvalue weighted by Crippen LogP contribution is -2.44. The molecule has 0 aliphatic carbocycles. The fraction of sp³-hybridized carbons (Fsp3) is 0.474. The van der Waals surface area contributed by atoms with Gasteiger partial charge in [-0.1, -0.05) is 50.0 Å².